The molecule has 0 heterocycles. The van der Waals surface area contributed by atoms with Gasteiger partial charge in [0.05, 0.1) is 0 Å². The molecule has 0 amide bonds. The molecule has 4 nitrogen and oxygen atoms in total. The van der Waals surface area contributed by atoms with E-state index in [0.29, 0.717) is 36.5 Å². The Morgan fingerprint density at radius 1 is 0.360 bits per heavy atom. The van der Waals surface area contributed by atoms with Gasteiger partial charge in [-0.3, -0.25) is 0 Å². The second-order valence-electron chi connectivity index (χ2n) is 16.7. The van der Waals surface area contributed by atoms with Crippen LogP contribution in [0.2, 0.25) is 0 Å². The zero-order valence-electron chi connectivity index (χ0n) is 34.6. The van der Waals surface area contributed by atoms with Gasteiger partial charge in [0.15, 0.2) is 0 Å². The van der Waals surface area contributed by atoms with E-state index in [4.69, 9.17) is 0 Å². The van der Waals surface area contributed by atoms with Gasteiger partial charge in [0, 0.05) is 11.1 Å². The molecular formula is C46H88O4. The van der Waals surface area contributed by atoms with Crippen LogP contribution in [0.5, 0.6) is 0 Å². The summed E-state index contributed by atoms with van der Waals surface area (Å²) in [5.74, 6) is -0.258. The van der Waals surface area contributed by atoms with Crippen LogP contribution >= 0.6 is 0 Å². The fourth-order valence-electron chi connectivity index (χ4n) is 7.90. The van der Waals surface area contributed by atoms with Crippen molar-refractivity contribution in [2.45, 2.75) is 247 Å². The van der Waals surface area contributed by atoms with Crippen LogP contribution in [0.4, 0.5) is 0 Å². The Morgan fingerprint density at radius 2 is 0.580 bits per heavy atom. The van der Waals surface area contributed by atoms with Crippen LogP contribution in [0.1, 0.15) is 247 Å². The van der Waals surface area contributed by atoms with E-state index in [9.17, 15) is 19.8 Å². The summed E-state index contributed by atoms with van der Waals surface area (Å²) in [6.45, 7) is 13.5. The van der Waals surface area contributed by atoms with Crippen LogP contribution in [-0.2, 0) is 9.59 Å². The molecule has 0 aliphatic carbocycles. The third-order valence-electron chi connectivity index (χ3n) is 11.7. The Balaban J connectivity index is 4.57. The molecule has 0 saturated heterocycles. The standard InChI is InChI=1S/C46H88O4/c1-7-9-11-13-15-17-19-21-23-25-27-29-31-33-41(39(3)4)35-37-43(45(47)48)44(46(49)50)38-36-42(40(5)6)34-32-30-28-26-24-22-20-18-16-14-12-10-8-2/h39-42H,7-38H2,1-6H3,(H,47,48)(H,49,50). The summed E-state index contributed by atoms with van der Waals surface area (Å²) >= 11 is 0. The van der Waals surface area contributed by atoms with Crippen molar-refractivity contribution >= 4 is 11.9 Å². The van der Waals surface area contributed by atoms with Crippen LogP contribution < -0.4 is 0 Å². The lowest BCUT2D eigenvalue weighted by molar-refractivity contribution is -0.136. The summed E-state index contributed by atoms with van der Waals surface area (Å²) in [4.78, 5) is 24.8. The molecule has 2 atom stereocenters. The van der Waals surface area contributed by atoms with Crippen LogP contribution in [-0.4, -0.2) is 22.2 Å². The molecule has 0 spiro atoms. The van der Waals surface area contributed by atoms with E-state index in [1.54, 1.807) is 0 Å². The van der Waals surface area contributed by atoms with Crippen LogP contribution in [0.25, 0.3) is 0 Å². The maximum Gasteiger partial charge on any atom is 0.332 e. The fourth-order valence-corrected chi connectivity index (χ4v) is 7.90. The van der Waals surface area contributed by atoms with E-state index < -0.39 is 11.9 Å². The SMILES string of the molecule is CCCCCCCCCCCCCCCC(CCC(C(=O)O)=C(CCC(CCCCCCCCCCCCCCC)C(C)C)C(=O)O)C(C)C. The van der Waals surface area contributed by atoms with Crippen molar-refractivity contribution in [2.24, 2.45) is 23.7 Å². The Kier molecular flexibility index (Phi) is 33.8. The summed E-state index contributed by atoms with van der Waals surface area (Å²) in [5.41, 5.74) is 0.300. The predicted molar refractivity (Wildman–Crippen MR) is 218 cm³/mol. The van der Waals surface area contributed by atoms with Crippen molar-refractivity contribution in [1.29, 1.82) is 0 Å². The average Bonchev–Trinajstić information content (AvgIpc) is 3.07. The molecule has 0 bridgehead atoms. The maximum absolute atomic E-state index is 12.4. The predicted octanol–water partition coefficient (Wildman–Crippen LogP) is 15.5. The molecule has 0 rings (SSSR count). The van der Waals surface area contributed by atoms with Gasteiger partial charge in [-0.1, -0.05) is 221 Å². The first kappa shape index (κ1) is 48.7. The molecule has 0 aromatic rings. The van der Waals surface area contributed by atoms with Gasteiger partial charge in [0.25, 0.3) is 0 Å². The van der Waals surface area contributed by atoms with Crippen molar-refractivity contribution in [3.05, 3.63) is 11.1 Å². The summed E-state index contributed by atoms with van der Waals surface area (Å²) < 4.78 is 0. The van der Waals surface area contributed by atoms with Crippen LogP contribution in [0.3, 0.4) is 0 Å². The zero-order chi connectivity index (χ0) is 37.2. The minimum absolute atomic E-state index is 0.150. The van der Waals surface area contributed by atoms with E-state index in [2.05, 4.69) is 41.5 Å². The van der Waals surface area contributed by atoms with Gasteiger partial charge in [0.1, 0.15) is 0 Å². The lowest BCUT2D eigenvalue weighted by atomic mass is 9.82. The van der Waals surface area contributed by atoms with E-state index >= 15 is 0 Å². The highest BCUT2D eigenvalue weighted by Crippen LogP contribution is 2.31. The molecule has 0 fully saturated rings. The van der Waals surface area contributed by atoms with E-state index in [1.807, 2.05) is 0 Å². The first-order chi connectivity index (χ1) is 24.1. The number of carboxylic acid groups (broad SMARTS) is 2. The number of hydrogen-bond donors (Lipinski definition) is 2. The fraction of sp³-hybridized carbons (Fsp3) is 0.913. The summed E-state index contributed by atoms with van der Waals surface area (Å²) in [7, 11) is 0. The Labute approximate surface area is 312 Å². The molecule has 0 aromatic heterocycles. The van der Waals surface area contributed by atoms with Crippen molar-refractivity contribution in [3.63, 3.8) is 0 Å². The van der Waals surface area contributed by atoms with Gasteiger partial charge in [-0.05, 0) is 49.4 Å². The molecule has 50 heavy (non-hydrogen) atoms. The Hall–Kier alpha value is -1.32. The lowest BCUT2D eigenvalue weighted by Crippen LogP contribution is -2.17. The Bertz CT molecular complexity index is 747. The van der Waals surface area contributed by atoms with Crippen molar-refractivity contribution < 1.29 is 19.8 Å². The van der Waals surface area contributed by atoms with E-state index in [0.717, 1.165) is 25.7 Å². The quantitative estimate of drug-likeness (QED) is 0.0495. The highest BCUT2D eigenvalue weighted by molar-refractivity contribution is 5.98. The maximum atomic E-state index is 12.4. The lowest BCUT2D eigenvalue weighted by Gasteiger charge is -2.23. The minimum Gasteiger partial charge on any atom is -0.478 e. The van der Waals surface area contributed by atoms with Gasteiger partial charge in [0.2, 0.25) is 0 Å². The first-order valence-corrected chi connectivity index (χ1v) is 22.3. The smallest absolute Gasteiger partial charge is 0.332 e. The molecule has 0 radical (unpaired) electrons. The van der Waals surface area contributed by atoms with Crippen molar-refractivity contribution in [2.75, 3.05) is 0 Å². The summed E-state index contributed by atoms with van der Waals surface area (Å²) in [6.07, 6.45) is 39.4. The minimum atomic E-state index is -1.04. The second kappa shape index (κ2) is 34.7. The molecule has 0 aliphatic heterocycles. The third kappa shape index (κ3) is 28.3. The number of carbonyl (C=O) groups is 2. The number of carboxylic acids is 2. The molecule has 2 N–H and O–H groups in total. The van der Waals surface area contributed by atoms with Crippen LogP contribution in [0.15, 0.2) is 11.1 Å². The monoisotopic (exact) mass is 705 g/mol. The highest BCUT2D eigenvalue weighted by atomic mass is 16.4. The van der Waals surface area contributed by atoms with Crippen LogP contribution in [0, 0.1) is 23.7 Å². The van der Waals surface area contributed by atoms with Gasteiger partial charge in [-0.25, -0.2) is 9.59 Å². The molecule has 4 heteroatoms. The second-order valence-corrected chi connectivity index (χ2v) is 16.7. The van der Waals surface area contributed by atoms with Gasteiger partial charge >= 0.3 is 11.9 Å². The van der Waals surface area contributed by atoms with E-state index in [-0.39, 0.29) is 11.1 Å². The number of unbranched alkanes of at least 4 members (excludes halogenated alkanes) is 24. The largest absolute Gasteiger partial charge is 0.478 e. The molecule has 0 aromatic carbocycles. The van der Waals surface area contributed by atoms with Gasteiger partial charge < -0.3 is 10.2 Å². The van der Waals surface area contributed by atoms with Crippen molar-refractivity contribution in [1.82, 2.24) is 0 Å². The highest BCUT2D eigenvalue weighted by Gasteiger charge is 2.24. The topological polar surface area (TPSA) is 74.6 Å². The normalized spacial score (nSPS) is 13.6. The average molecular weight is 705 g/mol. The van der Waals surface area contributed by atoms with Crippen molar-refractivity contribution in [3.8, 4) is 0 Å². The molecule has 296 valence electrons. The Morgan fingerprint density at radius 3 is 0.780 bits per heavy atom. The van der Waals surface area contributed by atoms with Gasteiger partial charge in [-0.15, -0.1) is 0 Å². The number of rotatable bonds is 38. The molecule has 2 unspecified atom stereocenters. The molecule has 0 aliphatic rings. The third-order valence-corrected chi connectivity index (χ3v) is 11.7. The number of aliphatic carboxylic acids is 2. The first-order valence-electron chi connectivity index (χ1n) is 22.3. The molecular weight excluding hydrogens is 617 g/mol. The zero-order valence-corrected chi connectivity index (χ0v) is 34.6. The van der Waals surface area contributed by atoms with E-state index in [1.165, 1.54) is 167 Å². The van der Waals surface area contributed by atoms with Gasteiger partial charge in [-0.2, -0.15) is 0 Å². The summed E-state index contributed by atoms with van der Waals surface area (Å²) in [6, 6.07) is 0. The molecule has 0 saturated carbocycles. The summed E-state index contributed by atoms with van der Waals surface area (Å²) in [5, 5.41) is 20.3. The number of hydrogen-bond acceptors (Lipinski definition) is 2.